The molecule has 1 fully saturated rings. The van der Waals surface area contributed by atoms with E-state index >= 15 is 0 Å². The zero-order valence-electron chi connectivity index (χ0n) is 42.1. The van der Waals surface area contributed by atoms with E-state index in [4.69, 9.17) is 18.5 Å². The number of aliphatic hydroxyl groups excluding tert-OH is 5. The van der Waals surface area contributed by atoms with Gasteiger partial charge in [0.1, 0.15) is 43.2 Å². The van der Waals surface area contributed by atoms with Crippen LogP contribution in [0.15, 0.2) is 97.2 Å². The Labute approximate surface area is 415 Å². The minimum absolute atomic E-state index is 0.0418. The molecular weight excluding hydrogens is 900 g/mol. The van der Waals surface area contributed by atoms with Gasteiger partial charge in [-0.15, -0.1) is 0 Å². The number of carbonyl (C=O) groups is 2. The Hall–Kier alpha value is -3.23. The number of esters is 2. The molecule has 13 nitrogen and oxygen atoms in total. The molecule has 1 rings (SSSR count). The average Bonchev–Trinajstić information content (AvgIpc) is 3.33. The number of unbranched alkanes of at least 4 members (excludes halogenated alkanes) is 14. The second kappa shape index (κ2) is 43.5. The number of phosphoric acid groups is 1. The molecule has 6 N–H and O–H groups in total. The summed E-state index contributed by atoms with van der Waals surface area (Å²) in [7, 11) is -5.15. The zero-order valence-corrected chi connectivity index (χ0v) is 43.0. The molecule has 6 unspecified atom stereocenters. The van der Waals surface area contributed by atoms with Gasteiger partial charge in [-0.1, -0.05) is 169 Å². The van der Waals surface area contributed by atoms with Crippen molar-refractivity contribution in [3.8, 4) is 0 Å². The molecule has 1 saturated carbocycles. The molecule has 0 spiro atoms. The van der Waals surface area contributed by atoms with Crippen molar-refractivity contribution in [2.24, 2.45) is 0 Å². The van der Waals surface area contributed by atoms with Crippen molar-refractivity contribution in [2.45, 2.75) is 224 Å². The van der Waals surface area contributed by atoms with Gasteiger partial charge in [0.05, 0.1) is 6.61 Å². The topological polar surface area (TPSA) is 210 Å². The van der Waals surface area contributed by atoms with Crippen molar-refractivity contribution >= 4 is 19.8 Å². The summed E-state index contributed by atoms with van der Waals surface area (Å²) in [5, 5.41) is 50.3. The monoisotopic (exact) mass is 991 g/mol. The van der Waals surface area contributed by atoms with Crippen LogP contribution in [0.3, 0.4) is 0 Å². The number of carbonyl (C=O) groups excluding carboxylic acids is 2. The molecule has 0 amide bonds. The van der Waals surface area contributed by atoms with Gasteiger partial charge in [-0.3, -0.25) is 18.6 Å². The summed E-state index contributed by atoms with van der Waals surface area (Å²) in [5.74, 6) is -1.21. The third-order valence-electron chi connectivity index (χ3n) is 11.4. The standard InChI is InChI=1S/C55H91O13P/c1-3-5-7-9-11-13-15-17-19-21-23-24-26-27-29-31-33-35-37-39-41-43-48(56)65-45-47(46-66-69(63,64)68-55-53(61)51(59)50(58)52(60)54(55)62)67-49(57)44-42-40-38-36-34-32-30-28-25-22-20-18-16-14-12-10-8-6-4-2/h12,14,18-21,24-26,28-29,31-32,34-35,37,47,50-55,58-62H,3-11,13,15-17,22-23,27,30,33,36,38-46H2,1-2H3,(H,63,64)/b14-12+,20-18+,21-19+,26-24+,28-25+,31-29+,34-32+,37-35+/t47-,50?,51-,52?,53?,54?,55?/m0/s1. The fourth-order valence-electron chi connectivity index (χ4n) is 7.20. The molecule has 0 bridgehead atoms. The fourth-order valence-corrected chi connectivity index (χ4v) is 8.18. The van der Waals surface area contributed by atoms with Crippen LogP contribution < -0.4 is 0 Å². The SMILES string of the molecule is CCCCC/C=C/C/C=C/C/C=C/C/C=C/CCCCCC(=O)O[C@@H](COC(=O)CCC/C=C/C/C=C/C/C=C/C/C=C/CCCCCCCCC)COP(=O)(O)OC1C(O)C(O)C(O)[C@H](O)C1O. The predicted octanol–water partition coefficient (Wildman–Crippen LogP) is 11.4. The average molecular weight is 991 g/mol. The van der Waals surface area contributed by atoms with E-state index in [1.165, 1.54) is 64.2 Å². The highest BCUT2D eigenvalue weighted by Gasteiger charge is 2.51. The van der Waals surface area contributed by atoms with Gasteiger partial charge >= 0.3 is 19.8 Å². The number of allylic oxidation sites excluding steroid dienone is 16. The maximum absolute atomic E-state index is 12.9. The molecule has 0 aromatic carbocycles. The van der Waals surface area contributed by atoms with Gasteiger partial charge in [-0.05, 0) is 96.3 Å². The zero-order chi connectivity index (χ0) is 50.6. The summed E-state index contributed by atoms with van der Waals surface area (Å²) in [4.78, 5) is 35.8. The maximum Gasteiger partial charge on any atom is 0.472 e. The molecule has 0 aromatic heterocycles. The second-order valence-corrected chi connectivity index (χ2v) is 19.1. The highest BCUT2D eigenvalue weighted by Crippen LogP contribution is 2.47. The minimum Gasteiger partial charge on any atom is -0.462 e. The maximum atomic E-state index is 12.9. The van der Waals surface area contributed by atoms with E-state index in [2.05, 4.69) is 98.9 Å². The molecule has 1 aliphatic rings. The normalized spacial score (nSPS) is 21.7. The van der Waals surface area contributed by atoms with Crippen LogP contribution in [-0.4, -0.2) is 98.3 Å². The lowest BCUT2D eigenvalue weighted by Gasteiger charge is -2.41. The van der Waals surface area contributed by atoms with Crippen molar-refractivity contribution in [3.63, 3.8) is 0 Å². The first-order chi connectivity index (χ1) is 33.4. The molecule has 14 heteroatoms. The summed E-state index contributed by atoms with van der Waals surface area (Å²) in [5.41, 5.74) is 0. The smallest absolute Gasteiger partial charge is 0.462 e. The molecule has 0 radical (unpaired) electrons. The Morgan fingerprint density at radius 1 is 0.449 bits per heavy atom. The van der Waals surface area contributed by atoms with Crippen LogP contribution in [-0.2, 0) is 32.7 Å². The van der Waals surface area contributed by atoms with E-state index in [1.54, 1.807) is 0 Å². The number of phosphoric ester groups is 1. The molecule has 0 heterocycles. The molecular formula is C55H91O13P. The van der Waals surface area contributed by atoms with Gasteiger partial charge in [-0.2, -0.15) is 0 Å². The quantitative estimate of drug-likeness (QED) is 0.0146. The Balaban J connectivity index is 2.48. The Kier molecular flexibility index (Phi) is 40.3. The summed E-state index contributed by atoms with van der Waals surface area (Å²) < 4.78 is 33.5. The number of ether oxygens (including phenoxy) is 2. The van der Waals surface area contributed by atoms with Crippen molar-refractivity contribution in [2.75, 3.05) is 13.2 Å². The number of aliphatic hydroxyl groups is 5. The van der Waals surface area contributed by atoms with Crippen LogP contribution in [0.5, 0.6) is 0 Å². The molecule has 8 atom stereocenters. The molecule has 1 aliphatic carbocycles. The molecule has 69 heavy (non-hydrogen) atoms. The van der Waals surface area contributed by atoms with Crippen LogP contribution in [0.2, 0.25) is 0 Å². The third kappa shape index (κ3) is 35.5. The second-order valence-electron chi connectivity index (χ2n) is 17.7. The van der Waals surface area contributed by atoms with Gasteiger partial charge in [0.25, 0.3) is 0 Å². The van der Waals surface area contributed by atoms with Crippen LogP contribution in [0.25, 0.3) is 0 Å². The van der Waals surface area contributed by atoms with Gasteiger partial charge in [0, 0.05) is 12.8 Å². The molecule has 0 aromatic rings. The summed E-state index contributed by atoms with van der Waals surface area (Å²) in [6.45, 7) is 3.20. The Morgan fingerprint density at radius 2 is 0.797 bits per heavy atom. The van der Waals surface area contributed by atoms with Gasteiger partial charge in [-0.25, -0.2) is 4.57 Å². The van der Waals surface area contributed by atoms with Crippen molar-refractivity contribution in [3.05, 3.63) is 97.2 Å². The van der Waals surface area contributed by atoms with E-state index in [1.807, 2.05) is 12.2 Å². The first-order valence-corrected chi connectivity index (χ1v) is 27.5. The Morgan fingerprint density at radius 3 is 1.26 bits per heavy atom. The summed E-state index contributed by atoms with van der Waals surface area (Å²) in [6.07, 6.45) is 46.0. The number of hydrogen-bond donors (Lipinski definition) is 6. The predicted molar refractivity (Wildman–Crippen MR) is 276 cm³/mol. The minimum atomic E-state index is -5.15. The largest absolute Gasteiger partial charge is 0.472 e. The number of hydrogen-bond acceptors (Lipinski definition) is 12. The van der Waals surface area contributed by atoms with Gasteiger partial charge in [0.15, 0.2) is 6.10 Å². The Bertz CT molecular complexity index is 1570. The van der Waals surface area contributed by atoms with Gasteiger partial charge < -0.3 is 39.9 Å². The fraction of sp³-hybridized carbons (Fsp3) is 0.673. The number of rotatable bonds is 42. The first-order valence-electron chi connectivity index (χ1n) is 26.0. The highest BCUT2D eigenvalue weighted by atomic mass is 31.2. The van der Waals surface area contributed by atoms with Crippen LogP contribution in [0.4, 0.5) is 0 Å². The lowest BCUT2D eigenvalue weighted by Crippen LogP contribution is -2.64. The molecule has 0 saturated heterocycles. The van der Waals surface area contributed by atoms with E-state index in [-0.39, 0.29) is 12.8 Å². The van der Waals surface area contributed by atoms with E-state index in [0.717, 1.165) is 70.6 Å². The lowest BCUT2D eigenvalue weighted by atomic mass is 9.85. The summed E-state index contributed by atoms with van der Waals surface area (Å²) in [6, 6.07) is 0. The van der Waals surface area contributed by atoms with Crippen LogP contribution in [0, 0.1) is 0 Å². The van der Waals surface area contributed by atoms with E-state index in [9.17, 15) is 44.6 Å². The van der Waals surface area contributed by atoms with Crippen molar-refractivity contribution < 1.29 is 63.1 Å². The third-order valence-corrected chi connectivity index (χ3v) is 12.4. The van der Waals surface area contributed by atoms with Crippen molar-refractivity contribution in [1.82, 2.24) is 0 Å². The lowest BCUT2D eigenvalue weighted by molar-refractivity contribution is -0.220. The highest BCUT2D eigenvalue weighted by molar-refractivity contribution is 7.47. The van der Waals surface area contributed by atoms with E-state index in [0.29, 0.717) is 19.3 Å². The first kappa shape index (κ1) is 63.8. The van der Waals surface area contributed by atoms with Crippen molar-refractivity contribution in [1.29, 1.82) is 0 Å². The van der Waals surface area contributed by atoms with Crippen LogP contribution in [0.1, 0.15) is 181 Å². The van der Waals surface area contributed by atoms with Crippen LogP contribution >= 0.6 is 7.82 Å². The van der Waals surface area contributed by atoms with E-state index < -0.39 is 75.7 Å². The molecule has 0 aliphatic heterocycles. The molecule has 394 valence electrons. The van der Waals surface area contributed by atoms with Gasteiger partial charge in [0.2, 0.25) is 0 Å². The summed E-state index contributed by atoms with van der Waals surface area (Å²) >= 11 is 0.